The molecule has 3 rings (SSSR count). The Hall–Kier alpha value is -1.67. The normalized spacial score (nSPS) is 18.8. The summed E-state index contributed by atoms with van der Waals surface area (Å²) in [6.45, 7) is 0.692. The molecule has 118 valence electrons. The molecule has 1 saturated heterocycles. The van der Waals surface area contributed by atoms with Gasteiger partial charge in [0.2, 0.25) is 5.91 Å². The highest BCUT2D eigenvalue weighted by molar-refractivity contribution is 7.29. The molecule has 8 heteroatoms. The molecule has 1 unspecified atom stereocenters. The highest BCUT2D eigenvalue weighted by atomic mass is 32.1. The molecular weight excluding hydrogens is 320 g/mol. The van der Waals surface area contributed by atoms with Crippen LogP contribution in [0.4, 0.5) is 5.13 Å². The van der Waals surface area contributed by atoms with Gasteiger partial charge >= 0.3 is 0 Å². The van der Waals surface area contributed by atoms with E-state index in [-0.39, 0.29) is 11.8 Å². The zero-order chi connectivity index (χ0) is 15.7. The van der Waals surface area contributed by atoms with Crippen LogP contribution < -0.4 is 15.5 Å². The molecule has 2 amide bonds. The Morgan fingerprint density at radius 2 is 2.23 bits per heavy atom. The summed E-state index contributed by atoms with van der Waals surface area (Å²) < 4.78 is 1.00. The Bertz CT molecular complexity index is 675. The number of thiazole rings is 1. The predicted octanol–water partition coefficient (Wildman–Crippen LogP) is 1.82. The minimum absolute atomic E-state index is 0.0859. The number of amides is 2. The number of nitrogens with zero attached hydrogens (tertiary/aromatic N) is 2. The summed E-state index contributed by atoms with van der Waals surface area (Å²) >= 11 is 2.93. The van der Waals surface area contributed by atoms with Crippen LogP contribution in [-0.2, 0) is 4.79 Å². The molecule has 1 aliphatic heterocycles. The van der Waals surface area contributed by atoms with E-state index >= 15 is 0 Å². The van der Waals surface area contributed by atoms with Gasteiger partial charge in [-0.2, -0.15) is 0 Å². The number of hydrogen-bond acceptors (Lipinski definition) is 6. The van der Waals surface area contributed by atoms with Crippen LogP contribution in [0, 0.1) is 0 Å². The molecule has 0 radical (unpaired) electrons. The number of thiophene rings is 1. The fourth-order valence-electron chi connectivity index (χ4n) is 2.33. The van der Waals surface area contributed by atoms with Gasteiger partial charge in [-0.15, -0.1) is 11.3 Å². The summed E-state index contributed by atoms with van der Waals surface area (Å²) in [5, 5.41) is 6.59. The lowest BCUT2D eigenvalue weighted by Gasteiger charge is -2.14. The molecular formula is C14H18N4O2S2. The zero-order valence-electron chi connectivity index (χ0n) is 12.5. The largest absolute Gasteiger partial charge is 0.354 e. The van der Waals surface area contributed by atoms with Crippen molar-refractivity contribution in [3.63, 3.8) is 0 Å². The summed E-state index contributed by atoms with van der Waals surface area (Å²) in [6, 6.07) is 1.43. The highest BCUT2D eigenvalue weighted by Crippen LogP contribution is 2.33. The lowest BCUT2D eigenvalue weighted by atomic mass is 10.1. The maximum Gasteiger partial charge on any atom is 0.262 e. The fraction of sp³-hybridized carbons (Fsp3) is 0.500. The molecule has 1 fully saturated rings. The summed E-state index contributed by atoms with van der Waals surface area (Å²) in [6.07, 6.45) is 2.60. The summed E-state index contributed by atoms with van der Waals surface area (Å²) in [7, 11) is 3.89. The molecule has 2 aromatic heterocycles. The second kappa shape index (κ2) is 6.21. The smallest absolute Gasteiger partial charge is 0.262 e. The number of nitrogens with one attached hydrogen (secondary N) is 2. The number of hydrogen-bond donors (Lipinski definition) is 2. The van der Waals surface area contributed by atoms with Gasteiger partial charge in [0.15, 0.2) is 5.13 Å². The van der Waals surface area contributed by atoms with Crippen LogP contribution in [-0.4, -0.2) is 43.5 Å². The first-order chi connectivity index (χ1) is 10.5. The molecule has 2 aromatic rings. The Morgan fingerprint density at radius 3 is 2.95 bits per heavy atom. The van der Waals surface area contributed by atoms with Gasteiger partial charge in [-0.25, -0.2) is 4.98 Å². The first-order valence-electron chi connectivity index (χ1n) is 7.21. The van der Waals surface area contributed by atoms with E-state index in [0.717, 1.165) is 27.5 Å². The van der Waals surface area contributed by atoms with E-state index in [4.69, 9.17) is 0 Å². The third-order valence-corrected chi connectivity index (χ3v) is 5.85. The van der Waals surface area contributed by atoms with E-state index in [2.05, 4.69) is 15.6 Å². The van der Waals surface area contributed by atoms with Gasteiger partial charge in [0.1, 0.15) is 10.9 Å². The topological polar surface area (TPSA) is 74.3 Å². The van der Waals surface area contributed by atoms with Crippen molar-refractivity contribution < 1.29 is 9.59 Å². The van der Waals surface area contributed by atoms with E-state index in [0.29, 0.717) is 17.8 Å². The molecule has 0 aliphatic carbocycles. The maximum atomic E-state index is 12.3. The predicted molar refractivity (Wildman–Crippen MR) is 89.9 cm³/mol. The number of carbonyl (C=O) groups is 2. The molecule has 1 atom stereocenters. The van der Waals surface area contributed by atoms with Crippen LogP contribution in [0.25, 0.3) is 9.53 Å². The zero-order valence-corrected chi connectivity index (χ0v) is 14.1. The Kier molecular flexibility index (Phi) is 4.30. The SMILES string of the molecule is CN(C)c1nc2sc(C(=O)NC3CCCCNC3=O)cc2s1. The van der Waals surface area contributed by atoms with Crippen molar-refractivity contribution >= 4 is 49.1 Å². The van der Waals surface area contributed by atoms with Crippen molar-refractivity contribution in [1.29, 1.82) is 0 Å². The molecule has 0 spiro atoms. The Balaban J connectivity index is 1.74. The van der Waals surface area contributed by atoms with Gasteiger partial charge in [0.05, 0.1) is 9.58 Å². The van der Waals surface area contributed by atoms with E-state index < -0.39 is 6.04 Å². The number of rotatable bonds is 3. The molecule has 0 bridgehead atoms. The first-order valence-corrected chi connectivity index (χ1v) is 8.84. The Labute approximate surface area is 136 Å². The number of aromatic nitrogens is 1. The number of fused-ring (bicyclic) bond motifs is 1. The van der Waals surface area contributed by atoms with Crippen molar-refractivity contribution in [3.8, 4) is 0 Å². The summed E-state index contributed by atoms with van der Waals surface area (Å²) in [4.78, 5) is 32.1. The minimum atomic E-state index is -0.430. The summed E-state index contributed by atoms with van der Waals surface area (Å²) in [5.41, 5.74) is 0. The lowest BCUT2D eigenvalue weighted by Crippen LogP contribution is -2.45. The standard InChI is InChI=1S/C14H18N4O2S2/c1-18(2)14-17-13-10(22-14)7-9(21-13)12(20)16-8-5-3-4-6-15-11(8)19/h7-8H,3-6H2,1-2H3,(H,15,19)(H,16,20). The van der Waals surface area contributed by atoms with E-state index in [1.807, 2.05) is 25.1 Å². The van der Waals surface area contributed by atoms with Gasteiger partial charge in [-0.3, -0.25) is 9.59 Å². The fourth-order valence-corrected chi connectivity index (χ4v) is 4.37. The van der Waals surface area contributed by atoms with Crippen LogP contribution in [0.1, 0.15) is 28.9 Å². The molecule has 22 heavy (non-hydrogen) atoms. The van der Waals surface area contributed by atoms with Crippen molar-refractivity contribution in [2.45, 2.75) is 25.3 Å². The first kappa shape index (κ1) is 15.2. The monoisotopic (exact) mass is 338 g/mol. The molecule has 1 aliphatic rings. The molecule has 0 aromatic carbocycles. The number of anilines is 1. The second-order valence-corrected chi connectivity index (χ2v) is 7.52. The van der Waals surface area contributed by atoms with Crippen molar-refractivity contribution in [2.24, 2.45) is 0 Å². The van der Waals surface area contributed by atoms with Crippen LogP contribution >= 0.6 is 22.7 Å². The third kappa shape index (κ3) is 3.07. The average Bonchev–Trinajstić information content (AvgIpc) is 2.97. The number of carbonyl (C=O) groups excluding carboxylic acids is 2. The van der Waals surface area contributed by atoms with Crippen LogP contribution in [0.5, 0.6) is 0 Å². The molecule has 3 heterocycles. The van der Waals surface area contributed by atoms with Gasteiger partial charge in [0.25, 0.3) is 5.91 Å². The van der Waals surface area contributed by atoms with Crippen LogP contribution in [0.2, 0.25) is 0 Å². The molecule has 2 N–H and O–H groups in total. The van der Waals surface area contributed by atoms with E-state index in [1.54, 1.807) is 11.3 Å². The van der Waals surface area contributed by atoms with Gasteiger partial charge in [-0.05, 0) is 25.3 Å². The Morgan fingerprint density at radius 1 is 1.41 bits per heavy atom. The van der Waals surface area contributed by atoms with Crippen molar-refractivity contribution in [3.05, 3.63) is 10.9 Å². The highest BCUT2D eigenvalue weighted by Gasteiger charge is 2.24. The van der Waals surface area contributed by atoms with Gasteiger partial charge < -0.3 is 15.5 Å². The molecule has 0 saturated carbocycles. The third-order valence-electron chi connectivity index (χ3n) is 3.53. The van der Waals surface area contributed by atoms with Gasteiger partial charge in [-0.1, -0.05) is 11.3 Å². The van der Waals surface area contributed by atoms with Crippen LogP contribution in [0.15, 0.2) is 6.07 Å². The van der Waals surface area contributed by atoms with Crippen LogP contribution in [0.3, 0.4) is 0 Å². The summed E-state index contributed by atoms with van der Waals surface area (Å²) in [5.74, 6) is -0.277. The van der Waals surface area contributed by atoms with E-state index in [9.17, 15) is 9.59 Å². The minimum Gasteiger partial charge on any atom is -0.354 e. The quantitative estimate of drug-likeness (QED) is 0.895. The lowest BCUT2D eigenvalue weighted by molar-refractivity contribution is -0.122. The van der Waals surface area contributed by atoms with Gasteiger partial charge in [0, 0.05) is 20.6 Å². The molecule has 6 nitrogen and oxygen atoms in total. The second-order valence-electron chi connectivity index (χ2n) is 5.48. The van der Waals surface area contributed by atoms with E-state index in [1.165, 1.54) is 11.3 Å². The van der Waals surface area contributed by atoms with Crippen molar-refractivity contribution in [1.82, 2.24) is 15.6 Å². The van der Waals surface area contributed by atoms with Crippen molar-refractivity contribution in [2.75, 3.05) is 25.5 Å². The maximum absolute atomic E-state index is 12.3. The average molecular weight is 338 g/mol.